The van der Waals surface area contributed by atoms with Crippen molar-refractivity contribution in [3.63, 3.8) is 0 Å². The van der Waals surface area contributed by atoms with Crippen molar-refractivity contribution in [3.8, 4) is 11.4 Å². The number of thioether (sulfide) groups is 1. The van der Waals surface area contributed by atoms with Crippen LogP contribution in [0.2, 0.25) is 0 Å². The number of rotatable bonds is 5. The highest BCUT2D eigenvalue weighted by atomic mass is 32.2. The Balaban J connectivity index is 1.52. The van der Waals surface area contributed by atoms with E-state index in [2.05, 4.69) is 27.1 Å². The molecule has 1 aliphatic carbocycles. The monoisotopic (exact) mass is 345 g/mol. The lowest BCUT2D eigenvalue weighted by Crippen LogP contribution is -2.40. The molecule has 3 rings (SSSR count). The van der Waals surface area contributed by atoms with E-state index in [4.69, 9.17) is 0 Å². The number of aromatic amines is 1. The minimum Gasteiger partial charge on any atom is -0.342 e. The first-order valence-corrected chi connectivity index (χ1v) is 9.33. The van der Waals surface area contributed by atoms with Gasteiger partial charge in [-0.25, -0.2) is 4.98 Å². The zero-order valence-electron chi connectivity index (χ0n) is 14.1. The number of H-pyrrole nitrogens is 1. The normalized spacial score (nSPS) is 20.8. The molecule has 2 heterocycles. The van der Waals surface area contributed by atoms with Gasteiger partial charge in [0.1, 0.15) is 0 Å². The third-order valence-corrected chi connectivity index (χ3v) is 5.50. The predicted molar refractivity (Wildman–Crippen MR) is 94.5 cm³/mol. The maximum absolute atomic E-state index is 12.4. The minimum atomic E-state index is 0.148. The first-order chi connectivity index (χ1) is 11.6. The summed E-state index contributed by atoms with van der Waals surface area (Å²) in [6, 6.07) is 4.13. The molecule has 1 fully saturated rings. The third kappa shape index (κ3) is 4.14. The average molecular weight is 345 g/mol. The molecule has 2 aromatic rings. The van der Waals surface area contributed by atoms with Crippen LogP contribution in [0.15, 0.2) is 29.7 Å². The number of amides is 1. The molecule has 6 nitrogen and oxygen atoms in total. The Morgan fingerprint density at radius 3 is 2.71 bits per heavy atom. The van der Waals surface area contributed by atoms with E-state index in [0.717, 1.165) is 24.3 Å². The van der Waals surface area contributed by atoms with Gasteiger partial charge in [0.25, 0.3) is 0 Å². The Bertz CT molecular complexity index is 667. The smallest absolute Gasteiger partial charge is 0.233 e. The number of carbonyl (C=O) groups is 1. The Labute approximate surface area is 146 Å². The topological polar surface area (TPSA) is 74.8 Å². The molecule has 1 N–H and O–H groups in total. The Morgan fingerprint density at radius 1 is 1.29 bits per heavy atom. The third-order valence-electron chi connectivity index (χ3n) is 4.67. The molecule has 0 atom stereocenters. The molecule has 128 valence electrons. The Hall–Kier alpha value is -1.89. The van der Waals surface area contributed by atoms with Crippen molar-refractivity contribution >= 4 is 17.7 Å². The van der Waals surface area contributed by atoms with Gasteiger partial charge in [0.2, 0.25) is 11.1 Å². The van der Waals surface area contributed by atoms with Crippen LogP contribution in [0.3, 0.4) is 0 Å². The molecule has 0 spiro atoms. The lowest BCUT2D eigenvalue weighted by molar-refractivity contribution is -0.129. The second-order valence-corrected chi connectivity index (χ2v) is 7.35. The number of aromatic nitrogens is 4. The predicted octanol–water partition coefficient (Wildman–Crippen LogP) is 3.00. The van der Waals surface area contributed by atoms with Crippen LogP contribution in [0.25, 0.3) is 11.4 Å². The summed E-state index contributed by atoms with van der Waals surface area (Å²) in [6.07, 6.45) is 8.08. The van der Waals surface area contributed by atoms with Crippen molar-refractivity contribution in [1.82, 2.24) is 25.1 Å². The number of nitrogens with zero attached hydrogens (tertiary/aromatic N) is 4. The average Bonchev–Trinajstić information content (AvgIpc) is 3.09. The maximum atomic E-state index is 12.4. The molecule has 1 amide bonds. The molecule has 0 unspecified atom stereocenters. The van der Waals surface area contributed by atoms with Crippen molar-refractivity contribution in [3.05, 3.63) is 24.5 Å². The number of pyridine rings is 1. The summed E-state index contributed by atoms with van der Waals surface area (Å²) in [4.78, 5) is 22.7. The second-order valence-electron chi connectivity index (χ2n) is 6.41. The van der Waals surface area contributed by atoms with E-state index < -0.39 is 0 Å². The summed E-state index contributed by atoms with van der Waals surface area (Å²) in [7, 11) is 1.92. The largest absolute Gasteiger partial charge is 0.342 e. The van der Waals surface area contributed by atoms with Crippen molar-refractivity contribution in [2.24, 2.45) is 5.92 Å². The lowest BCUT2D eigenvalue weighted by Gasteiger charge is -2.33. The van der Waals surface area contributed by atoms with E-state index in [-0.39, 0.29) is 5.91 Å². The number of carbonyl (C=O) groups excluding carboxylic acids is 1. The molecule has 0 aliphatic heterocycles. The fourth-order valence-corrected chi connectivity index (χ4v) is 3.73. The second kappa shape index (κ2) is 7.79. The molecular weight excluding hydrogens is 322 g/mol. The molecule has 0 aromatic carbocycles. The summed E-state index contributed by atoms with van der Waals surface area (Å²) in [5, 5.41) is 7.69. The summed E-state index contributed by atoms with van der Waals surface area (Å²) in [5.41, 5.74) is 0.934. The fourth-order valence-electron chi connectivity index (χ4n) is 3.01. The molecule has 2 aromatic heterocycles. The van der Waals surface area contributed by atoms with Crippen molar-refractivity contribution in [2.45, 2.75) is 43.8 Å². The molecule has 1 aliphatic rings. The van der Waals surface area contributed by atoms with Gasteiger partial charge in [-0.05, 0) is 43.7 Å². The maximum Gasteiger partial charge on any atom is 0.233 e. The van der Waals surface area contributed by atoms with Crippen LogP contribution in [0.4, 0.5) is 0 Å². The zero-order chi connectivity index (χ0) is 16.9. The van der Waals surface area contributed by atoms with E-state index in [0.29, 0.717) is 22.8 Å². The van der Waals surface area contributed by atoms with Gasteiger partial charge in [0, 0.05) is 31.0 Å². The Kier molecular flexibility index (Phi) is 5.50. The molecular formula is C17H23N5OS. The number of nitrogens with one attached hydrogen (secondary N) is 1. The number of hydrogen-bond donors (Lipinski definition) is 1. The van der Waals surface area contributed by atoms with Crippen molar-refractivity contribution in [2.75, 3.05) is 12.8 Å². The summed E-state index contributed by atoms with van der Waals surface area (Å²) < 4.78 is 0. The molecule has 1 saturated carbocycles. The van der Waals surface area contributed by atoms with E-state index in [1.54, 1.807) is 12.4 Å². The highest BCUT2D eigenvalue weighted by Gasteiger charge is 2.24. The molecule has 0 bridgehead atoms. The van der Waals surface area contributed by atoms with Crippen LogP contribution in [0.1, 0.15) is 32.6 Å². The van der Waals surface area contributed by atoms with Gasteiger partial charge in [-0.2, -0.15) is 0 Å². The van der Waals surface area contributed by atoms with Gasteiger partial charge in [0.05, 0.1) is 5.75 Å². The van der Waals surface area contributed by atoms with Gasteiger partial charge in [-0.1, -0.05) is 18.7 Å². The molecule has 24 heavy (non-hydrogen) atoms. The van der Waals surface area contributed by atoms with Gasteiger partial charge in [0.15, 0.2) is 5.82 Å². The van der Waals surface area contributed by atoms with E-state index in [9.17, 15) is 4.79 Å². The summed E-state index contributed by atoms with van der Waals surface area (Å²) in [6.45, 7) is 2.29. The number of hydrogen-bond acceptors (Lipinski definition) is 5. The van der Waals surface area contributed by atoms with Gasteiger partial charge in [-0.3, -0.25) is 14.9 Å². The van der Waals surface area contributed by atoms with Crippen LogP contribution >= 0.6 is 11.8 Å². The SMILES string of the molecule is CC1CCC(N(C)C(=O)CSc2n[nH]c(-c3ccncc3)n2)CC1. The minimum absolute atomic E-state index is 0.148. The van der Waals surface area contributed by atoms with Crippen LogP contribution < -0.4 is 0 Å². The molecule has 7 heteroatoms. The van der Waals surface area contributed by atoms with E-state index >= 15 is 0 Å². The summed E-state index contributed by atoms with van der Waals surface area (Å²) in [5.74, 6) is 2.01. The van der Waals surface area contributed by atoms with Crippen LogP contribution in [-0.4, -0.2) is 49.8 Å². The van der Waals surface area contributed by atoms with Gasteiger partial charge < -0.3 is 4.90 Å². The fraction of sp³-hybridized carbons (Fsp3) is 0.529. The van der Waals surface area contributed by atoms with Crippen LogP contribution in [-0.2, 0) is 4.79 Å². The van der Waals surface area contributed by atoms with E-state index in [1.807, 2.05) is 24.1 Å². The van der Waals surface area contributed by atoms with Crippen molar-refractivity contribution in [1.29, 1.82) is 0 Å². The highest BCUT2D eigenvalue weighted by molar-refractivity contribution is 7.99. The van der Waals surface area contributed by atoms with Crippen molar-refractivity contribution < 1.29 is 4.79 Å². The molecule has 0 saturated heterocycles. The van der Waals surface area contributed by atoms with Crippen LogP contribution in [0.5, 0.6) is 0 Å². The first kappa shape index (κ1) is 17.0. The lowest BCUT2D eigenvalue weighted by atomic mass is 9.87. The summed E-state index contributed by atoms with van der Waals surface area (Å²) >= 11 is 1.38. The van der Waals surface area contributed by atoms with Gasteiger partial charge in [-0.15, -0.1) is 5.10 Å². The Morgan fingerprint density at radius 2 is 2.00 bits per heavy atom. The molecule has 0 radical (unpaired) electrons. The zero-order valence-corrected chi connectivity index (χ0v) is 14.9. The standard InChI is InChI=1S/C17H23N5OS/c1-12-3-5-14(6-4-12)22(2)15(23)11-24-17-19-16(20-21-17)13-7-9-18-10-8-13/h7-10,12,14H,3-6,11H2,1-2H3,(H,19,20,21). The van der Waals surface area contributed by atoms with Gasteiger partial charge >= 0.3 is 0 Å². The highest BCUT2D eigenvalue weighted by Crippen LogP contribution is 2.27. The quantitative estimate of drug-likeness (QED) is 0.843. The first-order valence-electron chi connectivity index (χ1n) is 8.34. The van der Waals surface area contributed by atoms with Crippen LogP contribution in [0, 0.1) is 5.92 Å². The van der Waals surface area contributed by atoms with E-state index in [1.165, 1.54) is 24.6 Å².